The Labute approximate surface area is 130 Å². The Morgan fingerprint density at radius 1 is 1.23 bits per heavy atom. The number of pyridine rings is 1. The third-order valence-electron chi connectivity index (χ3n) is 5.22. The minimum absolute atomic E-state index is 0.0189. The van der Waals surface area contributed by atoms with Gasteiger partial charge in [0.1, 0.15) is 11.4 Å². The quantitative estimate of drug-likeness (QED) is 0.742. The molecular weight excluding hydrogens is 274 g/mol. The second-order valence-electron chi connectivity index (χ2n) is 6.97. The summed E-state index contributed by atoms with van der Waals surface area (Å²) in [6.07, 6.45) is 8.00. The molecule has 1 saturated heterocycles. The van der Waals surface area contributed by atoms with Crippen molar-refractivity contribution in [1.82, 2.24) is 9.88 Å². The van der Waals surface area contributed by atoms with Crippen LogP contribution in [-0.2, 0) is 0 Å². The van der Waals surface area contributed by atoms with E-state index in [1.165, 1.54) is 6.42 Å². The lowest BCUT2D eigenvalue weighted by molar-refractivity contribution is -0.122. The molecular formula is C18H21N3O. The minimum Gasteiger partial charge on any atom is -0.464 e. The van der Waals surface area contributed by atoms with Crippen molar-refractivity contribution in [1.29, 1.82) is 0 Å². The molecule has 2 aromatic rings. The van der Waals surface area contributed by atoms with E-state index in [9.17, 15) is 0 Å². The van der Waals surface area contributed by atoms with Crippen LogP contribution in [0.25, 0.3) is 10.8 Å². The maximum atomic E-state index is 6.54. The normalized spacial score (nSPS) is 26.9. The minimum atomic E-state index is -0.464. The number of fused-ring (bicyclic) bond motifs is 3. The van der Waals surface area contributed by atoms with Crippen LogP contribution >= 0.6 is 0 Å². The van der Waals surface area contributed by atoms with Gasteiger partial charge in [0.2, 0.25) is 5.72 Å². The molecule has 0 N–H and O–H groups in total. The van der Waals surface area contributed by atoms with Crippen LogP contribution in [0.4, 0.5) is 5.69 Å². The summed E-state index contributed by atoms with van der Waals surface area (Å²) in [4.78, 5) is 11.3. The fourth-order valence-corrected chi connectivity index (χ4v) is 3.80. The van der Waals surface area contributed by atoms with Crippen LogP contribution in [-0.4, -0.2) is 35.4 Å². The second-order valence-corrected chi connectivity index (χ2v) is 6.97. The molecule has 1 aromatic heterocycles. The summed E-state index contributed by atoms with van der Waals surface area (Å²) < 4.78 is 6.54. The van der Waals surface area contributed by atoms with Gasteiger partial charge in [-0.2, -0.15) is 0 Å². The SMILES string of the molecule is CN1CCCC(C)(C)C12C=Nc1c(ccc3ccncc13)O2. The highest BCUT2D eigenvalue weighted by molar-refractivity contribution is 5.97. The molecule has 0 aliphatic carbocycles. The number of likely N-dealkylation sites (tertiary alicyclic amines) is 1. The van der Waals surface area contributed by atoms with Crippen LogP contribution in [0.5, 0.6) is 5.75 Å². The number of aliphatic imine (C=N–C) groups is 1. The summed E-state index contributed by atoms with van der Waals surface area (Å²) in [5.74, 6) is 0.852. The molecule has 4 heteroatoms. The van der Waals surface area contributed by atoms with Crippen LogP contribution in [0.15, 0.2) is 35.6 Å². The molecule has 2 aliphatic heterocycles. The molecule has 22 heavy (non-hydrogen) atoms. The molecule has 1 spiro atoms. The van der Waals surface area contributed by atoms with Crippen LogP contribution in [0.2, 0.25) is 0 Å². The maximum absolute atomic E-state index is 6.54. The van der Waals surface area contributed by atoms with Crippen molar-refractivity contribution in [2.75, 3.05) is 13.6 Å². The predicted molar refractivity (Wildman–Crippen MR) is 88.9 cm³/mol. The first-order valence-electron chi connectivity index (χ1n) is 7.86. The fraction of sp³-hybridized carbons (Fsp3) is 0.444. The lowest BCUT2D eigenvalue weighted by Crippen LogP contribution is -2.65. The molecule has 2 aliphatic rings. The standard InChI is InChI=1S/C18H21N3O/c1-17(2)8-4-10-21(3)18(17)12-20-16-14-11-19-9-7-13(14)5-6-15(16)22-18/h5-7,9,11-12H,4,8,10H2,1-3H3. The van der Waals surface area contributed by atoms with E-state index < -0.39 is 5.72 Å². The van der Waals surface area contributed by atoms with Crippen molar-refractivity contribution in [3.8, 4) is 5.75 Å². The molecule has 114 valence electrons. The number of ether oxygens (including phenoxy) is 1. The maximum Gasteiger partial charge on any atom is 0.204 e. The van der Waals surface area contributed by atoms with Gasteiger partial charge in [-0.05, 0) is 37.4 Å². The van der Waals surface area contributed by atoms with E-state index in [0.29, 0.717) is 0 Å². The Bertz CT molecular complexity index is 768. The highest BCUT2D eigenvalue weighted by atomic mass is 16.5. The number of nitrogens with zero attached hydrogens (tertiary/aromatic N) is 3. The van der Waals surface area contributed by atoms with Crippen LogP contribution in [0, 0.1) is 5.41 Å². The largest absolute Gasteiger partial charge is 0.464 e. The van der Waals surface area contributed by atoms with Gasteiger partial charge < -0.3 is 4.74 Å². The third-order valence-corrected chi connectivity index (χ3v) is 5.22. The Morgan fingerprint density at radius 3 is 2.91 bits per heavy atom. The summed E-state index contributed by atoms with van der Waals surface area (Å²) in [5, 5.41) is 2.18. The highest BCUT2D eigenvalue weighted by Gasteiger charge is 2.53. The molecule has 4 nitrogen and oxygen atoms in total. The van der Waals surface area contributed by atoms with Crippen molar-refractivity contribution in [2.24, 2.45) is 10.4 Å². The summed E-state index contributed by atoms with van der Waals surface area (Å²) >= 11 is 0. The first-order valence-corrected chi connectivity index (χ1v) is 7.86. The molecule has 4 rings (SSSR count). The van der Waals surface area contributed by atoms with Crippen LogP contribution in [0.3, 0.4) is 0 Å². The Hall–Kier alpha value is -1.94. The molecule has 1 atom stereocenters. The monoisotopic (exact) mass is 295 g/mol. The number of piperidine rings is 1. The van der Waals surface area contributed by atoms with E-state index in [-0.39, 0.29) is 5.41 Å². The Kier molecular flexibility index (Phi) is 2.82. The van der Waals surface area contributed by atoms with Gasteiger partial charge in [-0.1, -0.05) is 19.9 Å². The fourth-order valence-electron chi connectivity index (χ4n) is 3.80. The first-order chi connectivity index (χ1) is 10.5. The zero-order valence-corrected chi connectivity index (χ0v) is 13.3. The topological polar surface area (TPSA) is 37.7 Å². The Balaban J connectivity index is 1.88. The van der Waals surface area contributed by atoms with E-state index in [1.807, 2.05) is 30.7 Å². The molecule has 0 amide bonds. The van der Waals surface area contributed by atoms with Gasteiger partial charge in [0.15, 0.2) is 0 Å². The van der Waals surface area contributed by atoms with Gasteiger partial charge in [0, 0.05) is 29.7 Å². The number of hydrogen-bond donors (Lipinski definition) is 0. The van der Waals surface area contributed by atoms with E-state index in [2.05, 4.69) is 36.8 Å². The smallest absolute Gasteiger partial charge is 0.204 e. The Morgan fingerprint density at radius 2 is 2.09 bits per heavy atom. The molecule has 1 aromatic carbocycles. The van der Waals surface area contributed by atoms with Gasteiger partial charge in [-0.3, -0.25) is 14.9 Å². The van der Waals surface area contributed by atoms with Crippen LogP contribution in [0.1, 0.15) is 26.7 Å². The third kappa shape index (κ3) is 1.73. The lowest BCUT2D eigenvalue weighted by atomic mass is 9.73. The van der Waals surface area contributed by atoms with E-state index in [1.54, 1.807) is 0 Å². The molecule has 0 bridgehead atoms. The number of aromatic nitrogens is 1. The van der Waals surface area contributed by atoms with Crippen molar-refractivity contribution in [2.45, 2.75) is 32.4 Å². The zero-order valence-electron chi connectivity index (χ0n) is 13.3. The summed E-state index contributed by atoms with van der Waals surface area (Å²) in [7, 11) is 2.13. The summed E-state index contributed by atoms with van der Waals surface area (Å²) in [5.41, 5.74) is 0.449. The average Bonchev–Trinajstić information content (AvgIpc) is 2.52. The molecule has 0 saturated carbocycles. The van der Waals surface area contributed by atoms with Gasteiger partial charge in [-0.25, -0.2) is 0 Å². The lowest BCUT2D eigenvalue weighted by Gasteiger charge is -2.53. The van der Waals surface area contributed by atoms with E-state index in [0.717, 1.165) is 35.2 Å². The van der Waals surface area contributed by atoms with Crippen molar-refractivity contribution in [3.05, 3.63) is 30.6 Å². The molecule has 3 heterocycles. The number of benzene rings is 1. The van der Waals surface area contributed by atoms with Crippen LogP contribution < -0.4 is 4.74 Å². The van der Waals surface area contributed by atoms with E-state index in [4.69, 9.17) is 9.73 Å². The number of hydrogen-bond acceptors (Lipinski definition) is 4. The molecule has 1 unspecified atom stereocenters. The van der Waals surface area contributed by atoms with Gasteiger partial charge in [-0.15, -0.1) is 0 Å². The van der Waals surface area contributed by atoms with Gasteiger partial charge >= 0.3 is 0 Å². The zero-order chi connectivity index (χ0) is 15.4. The van der Waals surface area contributed by atoms with Crippen molar-refractivity contribution >= 4 is 22.7 Å². The molecule has 0 radical (unpaired) electrons. The van der Waals surface area contributed by atoms with Crippen molar-refractivity contribution in [3.63, 3.8) is 0 Å². The second kappa shape index (κ2) is 4.53. The van der Waals surface area contributed by atoms with Gasteiger partial charge in [0.25, 0.3) is 0 Å². The summed E-state index contributed by atoms with van der Waals surface area (Å²) in [6.45, 7) is 5.56. The highest BCUT2D eigenvalue weighted by Crippen LogP contribution is 2.49. The van der Waals surface area contributed by atoms with Crippen molar-refractivity contribution < 1.29 is 4.74 Å². The van der Waals surface area contributed by atoms with E-state index >= 15 is 0 Å². The molecule has 1 fully saturated rings. The number of rotatable bonds is 0. The average molecular weight is 295 g/mol. The first kappa shape index (κ1) is 13.7. The van der Waals surface area contributed by atoms with Gasteiger partial charge in [0.05, 0.1) is 6.21 Å². The predicted octanol–water partition coefficient (Wildman–Crippen LogP) is 3.78. The summed E-state index contributed by atoms with van der Waals surface area (Å²) in [6, 6.07) is 6.13.